The Bertz CT molecular complexity index is 543. The lowest BCUT2D eigenvalue weighted by Crippen LogP contribution is -2.09. The van der Waals surface area contributed by atoms with Crippen LogP contribution in [0.15, 0.2) is 17.1 Å². The molecule has 1 aliphatic rings. The van der Waals surface area contributed by atoms with Crippen LogP contribution in [0.2, 0.25) is 0 Å². The molecule has 1 aromatic rings. The van der Waals surface area contributed by atoms with Gasteiger partial charge < -0.3 is 5.11 Å². The minimum Gasteiger partial charge on any atom is -0.478 e. The summed E-state index contributed by atoms with van der Waals surface area (Å²) in [4.78, 5) is 24.9. The van der Waals surface area contributed by atoms with Crippen molar-refractivity contribution >= 4 is 12.0 Å². The molecule has 1 N–H and O–H groups in total. The summed E-state index contributed by atoms with van der Waals surface area (Å²) in [6.45, 7) is 1.41. The van der Waals surface area contributed by atoms with E-state index in [-0.39, 0.29) is 11.1 Å². The topological polar surface area (TPSA) is 66.7 Å². The first-order valence-corrected chi connectivity index (χ1v) is 5.13. The number of halogens is 1. The summed E-state index contributed by atoms with van der Waals surface area (Å²) in [7, 11) is 0. The van der Waals surface area contributed by atoms with Gasteiger partial charge in [-0.05, 0) is 43.0 Å². The van der Waals surface area contributed by atoms with Crippen LogP contribution in [-0.4, -0.2) is 17.2 Å². The van der Waals surface area contributed by atoms with E-state index in [4.69, 9.17) is 5.11 Å². The largest absolute Gasteiger partial charge is 0.478 e. The molecule has 0 atom stereocenters. The van der Waals surface area contributed by atoms with Crippen molar-refractivity contribution in [2.45, 2.75) is 25.3 Å². The van der Waals surface area contributed by atoms with Crippen molar-refractivity contribution in [2.75, 3.05) is 0 Å². The van der Waals surface area contributed by atoms with Crippen molar-refractivity contribution < 1.29 is 19.1 Å². The molecular weight excluding hydrogens is 225 g/mol. The summed E-state index contributed by atoms with van der Waals surface area (Å²) in [6.07, 6.45) is 2.69. The van der Waals surface area contributed by atoms with Crippen molar-refractivity contribution in [3.05, 3.63) is 34.6 Å². The van der Waals surface area contributed by atoms with Gasteiger partial charge in [0.25, 0.3) is 0 Å². The third-order valence-corrected chi connectivity index (χ3v) is 3.10. The molecule has 4 nitrogen and oxygen atoms in total. The molecular formula is C12H10FNO3. The summed E-state index contributed by atoms with van der Waals surface area (Å²) < 4.78 is 13.6. The van der Waals surface area contributed by atoms with E-state index in [1.807, 2.05) is 0 Å². The zero-order valence-electron chi connectivity index (χ0n) is 9.16. The van der Waals surface area contributed by atoms with Crippen LogP contribution in [0.5, 0.6) is 0 Å². The van der Waals surface area contributed by atoms with Gasteiger partial charge in [-0.15, -0.1) is 0 Å². The number of hydrogen-bond donors (Lipinski definition) is 1. The third-order valence-electron chi connectivity index (χ3n) is 3.10. The molecule has 0 bridgehead atoms. The van der Waals surface area contributed by atoms with Gasteiger partial charge in [0.2, 0.25) is 6.08 Å². The molecule has 17 heavy (non-hydrogen) atoms. The fraction of sp³-hybridized carbons (Fsp3) is 0.333. The Morgan fingerprint density at radius 2 is 2.18 bits per heavy atom. The minimum absolute atomic E-state index is 0.0899. The molecule has 1 saturated carbocycles. The number of isocyanates is 1. The number of benzene rings is 1. The van der Waals surface area contributed by atoms with E-state index >= 15 is 0 Å². The van der Waals surface area contributed by atoms with Gasteiger partial charge in [0, 0.05) is 0 Å². The number of aromatic carboxylic acids is 1. The Balaban J connectivity index is 2.58. The highest BCUT2D eigenvalue weighted by Crippen LogP contribution is 2.49. The number of aliphatic imine (C=N–C) groups is 1. The molecule has 0 radical (unpaired) electrons. The van der Waals surface area contributed by atoms with Crippen LogP contribution >= 0.6 is 0 Å². The summed E-state index contributed by atoms with van der Waals surface area (Å²) in [5.41, 5.74) is -0.318. The minimum atomic E-state index is -1.19. The highest BCUT2D eigenvalue weighted by atomic mass is 19.1. The van der Waals surface area contributed by atoms with Crippen molar-refractivity contribution in [3.8, 4) is 0 Å². The second kappa shape index (κ2) is 3.79. The molecule has 88 valence electrons. The Morgan fingerprint density at radius 3 is 2.65 bits per heavy atom. The number of carboxylic acid groups (broad SMARTS) is 1. The molecule has 0 aromatic heterocycles. The van der Waals surface area contributed by atoms with Gasteiger partial charge >= 0.3 is 5.97 Å². The normalized spacial score (nSPS) is 16.1. The first-order valence-electron chi connectivity index (χ1n) is 5.13. The van der Waals surface area contributed by atoms with Gasteiger partial charge in [0.1, 0.15) is 5.82 Å². The van der Waals surface area contributed by atoms with E-state index in [1.54, 1.807) is 0 Å². The lowest BCUT2D eigenvalue weighted by Gasteiger charge is -2.11. The van der Waals surface area contributed by atoms with Crippen LogP contribution in [0, 0.1) is 12.7 Å². The van der Waals surface area contributed by atoms with Gasteiger partial charge in [-0.1, -0.05) is 0 Å². The zero-order valence-corrected chi connectivity index (χ0v) is 9.16. The van der Waals surface area contributed by atoms with Gasteiger partial charge in [-0.2, -0.15) is 4.99 Å². The lowest BCUT2D eigenvalue weighted by atomic mass is 9.98. The Morgan fingerprint density at radius 1 is 1.53 bits per heavy atom. The van der Waals surface area contributed by atoms with Gasteiger partial charge in [-0.25, -0.2) is 14.0 Å². The Hall–Kier alpha value is -2.00. The van der Waals surface area contributed by atoms with Crippen LogP contribution in [0.25, 0.3) is 0 Å². The summed E-state index contributed by atoms with van der Waals surface area (Å²) >= 11 is 0. The highest BCUT2D eigenvalue weighted by Gasteiger charge is 2.45. The van der Waals surface area contributed by atoms with Crippen LogP contribution in [0.3, 0.4) is 0 Å². The van der Waals surface area contributed by atoms with Crippen LogP contribution in [0.1, 0.15) is 34.3 Å². The van der Waals surface area contributed by atoms with Gasteiger partial charge in [0.15, 0.2) is 0 Å². The van der Waals surface area contributed by atoms with Crippen molar-refractivity contribution in [1.29, 1.82) is 0 Å². The average molecular weight is 235 g/mol. The SMILES string of the molecule is Cc1c(F)cc(C2(N=C=O)CC2)cc1C(=O)O. The van der Waals surface area contributed by atoms with Gasteiger partial charge in [-0.3, -0.25) is 0 Å². The first-order chi connectivity index (χ1) is 8.00. The van der Waals surface area contributed by atoms with Gasteiger partial charge in [0.05, 0.1) is 11.1 Å². The molecule has 1 aromatic carbocycles. The average Bonchev–Trinajstić information content (AvgIpc) is 3.03. The number of carbonyl (C=O) groups is 1. The maximum Gasteiger partial charge on any atom is 0.336 e. The Kier molecular flexibility index (Phi) is 2.56. The number of nitrogens with zero attached hydrogens (tertiary/aromatic N) is 1. The van der Waals surface area contributed by atoms with Crippen LogP contribution < -0.4 is 0 Å². The quantitative estimate of drug-likeness (QED) is 0.644. The Labute approximate surface area is 96.8 Å². The van der Waals surface area contributed by atoms with E-state index in [1.165, 1.54) is 25.1 Å². The summed E-state index contributed by atoms with van der Waals surface area (Å²) in [5.74, 6) is -1.78. The second-order valence-corrected chi connectivity index (χ2v) is 4.17. The predicted molar refractivity (Wildman–Crippen MR) is 57.1 cm³/mol. The third kappa shape index (κ3) is 1.85. The lowest BCUT2D eigenvalue weighted by molar-refractivity contribution is 0.0695. The molecule has 0 saturated heterocycles. The number of carboxylic acids is 1. The molecule has 1 fully saturated rings. The first kappa shape index (κ1) is 11.5. The maximum atomic E-state index is 13.6. The van der Waals surface area contributed by atoms with Crippen LogP contribution in [0.4, 0.5) is 4.39 Å². The van der Waals surface area contributed by atoms with Crippen molar-refractivity contribution in [1.82, 2.24) is 0 Å². The molecule has 2 rings (SSSR count). The second-order valence-electron chi connectivity index (χ2n) is 4.17. The smallest absolute Gasteiger partial charge is 0.336 e. The fourth-order valence-corrected chi connectivity index (χ4v) is 1.84. The summed E-state index contributed by atoms with van der Waals surface area (Å²) in [5, 5.41) is 8.96. The molecule has 0 heterocycles. The molecule has 0 spiro atoms. The van der Waals surface area contributed by atoms with Crippen molar-refractivity contribution in [3.63, 3.8) is 0 Å². The van der Waals surface area contributed by atoms with E-state index in [9.17, 15) is 14.0 Å². The molecule has 0 aliphatic heterocycles. The highest BCUT2D eigenvalue weighted by molar-refractivity contribution is 5.89. The fourth-order valence-electron chi connectivity index (χ4n) is 1.84. The maximum absolute atomic E-state index is 13.6. The van der Waals surface area contributed by atoms with E-state index in [0.717, 1.165) is 0 Å². The predicted octanol–water partition coefficient (Wildman–Crippen LogP) is 2.16. The number of hydrogen-bond acceptors (Lipinski definition) is 3. The summed E-state index contributed by atoms with van der Waals surface area (Å²) in [6, 6.07) is 2.63. The molecule has 1 aliphatic carbocycles. The molecule has 0 amide bonds. The monoisotopic (exact) mass is 235 g/mol. The van der Waals surface area contributed by atoms with E-state index in [2.05, 4.69) is 4.99 Å². The number of carbonyl (C=O) groups excluding carboxylic acids is 1. The number of rotatable bonds is 3. The van der Waals surface area contributed by atoms with E-state index < -0.39 is 17.3 Å². The molecule has 5 heteroatoms. The van der Waals surface area contributed by atoms with E-state index in [0.29, 0.717) is 18.4 Å². The standard InChI is InChI=1S/C12H10FNO3/c1-7-9(11(16)17)4-8(5-10(7)13)12(2-3-12)14-6-15/h4-5H,2-3H2,1H3,(H,16,17). The molecule has 0 unspecified atom stereocenters. The van der Waals surface area contributed by atoms with Crippen molar-refractivity contribution in [2.24, 2.45) is 4.99 Å². The van der Waals surface area contributed by atoms with Crippen LogP contribution in [-0.2, 0) is 10.3 Å². The zero-order chi connectivity index (χ0) is 12.6.